The fourth-order valence-electron chi connectivity index (χ4n) is 2.22. The van der Waals surface area contributed by atoms with E-state index >= 15 is 0 Å². The maximum Gasteiger partial charge on any atom is 0.259 e. The number of benzene rings is 2. The molecule has 0 aliphatic rings. The quantitative estimate of drug-likeness (QED) is 0.632. The van der Waals surface area contributed by atoms with Crippen LogP contribution >= 0.6 is 15.9 Å². The summed E-state index contributed by atoms with van der Waals surface area (Å²) in [6.07, 6.45) is 1.96. The highest BCUT2D eigenvalue weighted by Crippen LogP contribution is 2.31. The van der Waals surface area contributed by atoms with Crippen molar-refractivity contribution in [2.45, 2.75) is 19.8 Å². The van der Waals surface area contributed by atoms with Crippen molar-refractivity contribution in [3.63, 3.8) is 0 Å². The van der Waals surface area contributed by atoms with Gasteiger partial charge < -0.3 is 19.5 Å². The van der Waals surface area contributed by atoms with Crippen molar-refractivity contribution in [1.29, 1.82) is 0 Å². The van der Waals surface area contributed by atoms with Gasteiger partial charge in [-0.2, -0.15) is 0 Å². The molecular weight excluding hydrogens is 386 g/mol. The zero-order valence-corrected chi connectivity index (χ0v) is 16.2. The highest BCUT2D eigenvalue weighted by Gasteiger charge is 2.16. The predicted molar refractivity (Wildman–Crippen MR) is 102 cm³/mol. The minimum Gasteiger partial charge on any atom is -0.497 e. The Hall–Kier alpha value is -2.21. The number of hydrogen-bond acceptors (Lipinski definition) is 4. The average molecular weight is 408 g/mol. The van der Waals surface area contributed by atoms with Crippen LogP contribution in [0.2, 0.25) is 0 Å². The van der Waals surface area contributed by atoms with Crippen LogP contribution in [-0.4, -0.2) is 26.7 Å². The molecule has 0 saturated carbocycles. The molecule has 0 unspecified atom stereocenters. The van der Waals surface area contributed by atoms with Gasteiger partial charge in [-0.15, -0.1) is 0 Å². The molecule has 0 spiro atoms. The average Bonchev–Trinajstić information content (AvgIpc) is 2.63. The molecule has 1 amide bonds. The predicted octanol–water partition coefficient (Wildman–Crippen LogP) is 4.90. The number of ether oxygens (including phenoxy) is 3. The molecule has 2 aromatic rings. The molecule has 6 heteroatoms. The maximum absolute atomic E-state index is 12.7. The number of hydrogen-bond donors (Lipinski definition) is 1. The molecule has 2 aromatic carbocycles. The van der Waals surface area contributed by atoms with E-state index in [0.29, 0.717) is 35.1 Å². The van der Waals surface area contributed by atoms with Crippen LogP contribution in [0.15, 0.2) is 40.9 Å². The molecule has 0 radical (unpaired) electrons. The summed E-state index contributed by atoms with van der Waals surface area (Å²) in [5.74, 6) is 1.47. The van der Waals surface area contributed by atoms with E-state index in [1.54, 1.807) is 44.6 Å². The molecule has 0 aliphatic carbocycles. The summed E-state index contributed by atoms with van der Waals surface area (Å²) in [4.78, 5) is 12.7. The van der Waals surface area contributed by atoms with E-state index in [1.807, 2.05) is 6.07 Å². The lowest BCUT2D eigenvalue weighted by molar-refractivity contribution is 0.102. The Labute approximate surface area is 156 Å². The molecule has 134 valence electrons. The standard InChI is InChI=1S/C19H22BrNO4/c1-4-5-10-25-17-9-6-13(20)11-15(17)19(22)21-16-8-7-14(23-2)12-18(16)24-3/h6-9,11-12H,4-5,10H2,1-3H3,(H,21,22). The third-order valence-corrected chi connectivity index (χ3v) is 4.09. The summed E-state index contributed by atoms with van der Waals surface area (Å²) in [6, 6.07) is 10.6. The van der Waals surface area contributed by atoms with Crippen molar-refractivity contribution in [1.82, 2.24) is 0 Å². The number of carbonyl (C=O) groups is 1. The second kappa shape index (κ2) is 9.32. The SMILES string of the molecule is CCCCOc1ccc(Br)cc1C(=O)Nc1ccc(OC)cc1OC. The molecule has 1 N–H and O–H groups in total. The number of amides is 1. The van der Waals surface area contributed by atoms with Gasteiger partial charge in [0.25, 0.3) is 5.91 Å². The van der Waals surface area contributed by atoms with Gasteiger partial charge in [0.2, 0.25) is 0 Å². The van der Waals surface area contributed by atoms with E-state index in [4.69, 9.17) is 14.2 Å². The van der Waals surface area contributed by atoms with Crippen LogP contribution < -0.4 is 19.5 Å². The van der Waals surface area contributed by atoms with Gasteiger partial charge in [0.05, 0.1) is 32.1 Å². The molecule has 0 saturated heterocycles. The molecule has 0 heterocycles. The number of anilines is 1. The Balaban J connectivity index is 2.24. The molecule has 0 atom stereocenters. The summed E-state index contributed by atoms with van der Waals surface area (Å²) in [5, 5.41) is 2.87. The zero-order chi connectivity index (χ0) is 18.2. The van der Waals surface area contributed by atoms with Gasteiger partial charge in [0.15, 0.2) is 0 Å². The Morgan fingerprint density at radius 3 is 2.56 bits per heavy atom. The fraction of sp³-hybridized carbons (Fsp3) is 0.316. The molecular formula is C19H22BrNO4. The van der Waals surface area contributed by atoms with Gasteiger partial charge >= 0.3 is 0 Å². The maximum atomic E-state index is 12.7. The smallest absolute Gasteiger partial charge is 0.259 e. The third-order valence-electron chi connectivity index (χ3n) is 3.60. The van der Waals surface area contributed by atoms with Crippen LogP contribution in [0.3, 0.4) is 0 Å². The number of carbonyl (C=O) groups excluding carboxylic acids is 1. The highest BCUT2D eigenvalue weighted by molar-refractivity contribution is 9.10. The third kappa shape index (κ3) is 5.13. The van der Waals surface area contributed by atoms with Gasteiger partial charge in [-0.3, -0.25) is 4.79 Å². The summed E-state index contributed by atoms with van der Waals surface area (Å²) >= 11 is 3.40. The van der Waals surface area contributed by atoms with Crippen LogP contribution in [0, 0.1) is 0 Å². The Bertz CT molecular complexity index is 733. The van der Waals surface area contributed by atoms with Crippen LogP contribution in [0.5, 0.6) is 17.2 Å². The van der Waals surface area contributed by atoms with E-state index in [0.717, 1.165) is 17.3 Å². The summed E-state index contributed by atoms with van der Waals surface area (Å²) in [5.41, 5.74) is 1.02. The number of halogens is 1. The Morgan fingerprint density at radius 1 is 1.08 bits per heavy atom. The second-order valence-electron chi connectivity index (χ2n) is 5.36. The molecule has 5 nitrogen and oxygen atoms in total. The van der Waals surface area contributed by atoms with Crippen molar-refractivity contribution >= 4 is 27.5 Å². The fourth-order valence-corrected chi connectivity index (χ4v) is 2.58. The highest BCUT2D eigenvalue weighted by atomic mass is 79.9. The van der Waals surface area contributed by atoms with Gasteiger partial charge in [-0.05, 0) is 36.8 Å². The molecule has 25 heavy (non-hydrogen) atoms. The topological polar surface area (TPSA) is 56.8 Å². The van der Waals surface area contributed by atoms with Crippen molar-refractivity contribution in [2.24, 2.45) is 0 Å². The van der Waals surface area contributed by atoms with Crippen molar-refractivity contribution in [3.05, 3.63) is 46.4 Å². The number of unbranched alkanes of at least 4 members (excludes halogenated alkanes) is 1. The van der Waals surface area contributed by atoms with Gasteiger partial charge in [0.1, 0.15) is 17.2 Å². The van der Waals surface area contributed by atoms with Crippen molar-refractivity contribution < 1.29 is 19.0 Å². The first-order chi connectivity index (χ1) is 12.1. The Kier molecular flexibility index (Phi) is 7.13. The first-order valence-electron chi connectivity index (χ1n) is 8.04. The first-order valence-corrected chi connectivity index (χ1v) is 8.84. The summed E-state index contributed by atoms with van der Waals surface area (Å²) < 4.78 is 17.1. The number of rotatable bonds is 8. The van der Waals surface area contributed by atoms with Gasteiger partial charge in [0, 0.05) is 10.5 Å². The molecule has 0 aliphatic heterocycles. The molecule has 0 bridgehead atoms. The minimum absolute atomic E-state index is 0.267. The lowest BCUT2D eigenvalue weighted by atomic mass is 10.1. The van der Waals surface area contributed by atoms with Crippen molar-refractivity contribution in [3.8, 4) is 17.2 Å². The van der Waals surface area contributed by atoms with Crippen LogP contribution in [-0.2, 0) is 0 Å². The van der Waals surface area contributed by atoms with E-state index in [-0.39, 0.29) is 5.91 Å². The summed E-state index contributed by atoms with van der Waals surface area (Å²) in [7, 11) is 3.12. The van der Waals surface area contributed by atoms with E-state index in [9.17, 15) is 4.79 Å². The Morgan fingerprint density at radius 2 is 1.88 bits per heavy atom. The lowest BCUT2D eigenvalue weighted by Gasteiger charge is -2.14. The normalized spacial score (nSPS) is 10.2. The first kappa shape index (κ1) is 19.1. The summed E-state index contributed by atoms with van der Waals surface area (Å²) in [6.45, 7) is 2.67. The van der Waals surface area contributed by atoms with Crippen molar-refractivity contribution in [2.75, 3.05) is 26.1 Å². The van der Waals surface area contributed by atoms with E-state index in [2.05, 4.69) is 28.2 Å². The monoisotopic (exact) mass is 407 g/mol. The second-order valence-corrected chi connectivity index (χ2v) is 6.28. The largest absolute Gasteiger partial charge is 0.497 e. The van der Waals surface area contributed by atoms with Crippen LogP contribution in [0.1, 0.15) is 30.1 Å². The number of methoxy groups -OCH3 is 2. The van der Waals surface area contributed by atoms with Gasteiger partial charge in [-0.1, -0.05) is 29.3 Å². The number of nitrogens with one attached hydrogen (secondary N) is 1. The molecule has 0 fully saturated rings. The van der Waals surface area contributed by atoms with Crippen LogP contribution in [0.25, 0.3) is 0 Å². The zero-order valence-electron chi connectivity index (χ0n) is 14.6. The molecule has 0 aromatic heterocycles. The lowest BCUT2D eigenvalue weighted by Crippen LogP contribution is -2.14. The van der Waals surface area contributed by atoms with E-state index < -0.39 is 0 Å². The van der Waals surface area contributed by atoms with Gasteiger partial charge in [-0.25, -0.2) is 0 Å². The van der Waals surface area contributed by atoms with E-state index in [1.165, 1.54) is 0 Å². The van der Waals surface area contributed by atoms with Crippen LogP contribution in [0.4, 0.5) is 5.69 Å². The minimum atomic E-state index is -0.267. The molecule has 2 rings (SSSR count).